The van der Waals surface area contributed by atoms with Gasteiger partial charge in [0.25, 0.3) is 0 Å². The van der Waals surface area contributed by atoms with Crippen molar-refractivity contribution in [3.05, 3.63) is 44.5 Å². The Hall–Kier alpha value is -2.98. The van der Waals surface area contributed by atoms with Gasteiger partial charge in [-0.1, -0.05) is 0 Å². The van der Waals surface area contributed by atoms with Gasteiger partial charge in [0, 0.05) is 6.04 Å². The first-order valence-electron chi connectivity index (χ1n) is 7.79. The Kier molecular flexibility index (Phi) is 5.82. The molecule has 0 saturated heterocycles. The largest absolute Gasteiger partial charge is 0.506 e. The minimum Gasteiger partial charge on any atom is -0.506 e. The van der Waals surface area contributed by atoms with Gasteiger partial charge in [-0.15, -0.1) is 0 Å². The minimum absolute atomic E-state index is 0.0720. The van der Waals surface area contributed by atoms with Crippen LogP contribution in [-0.2, 0) is 9.53 Å². The maximum Gasteiger partial charge on any atom is 0.343 e. The molecule has 1 aliphatic heterocycles. The molecule has 1 atom stereocenters. The van der Waals surface area contributed by atoms with E-state index in [1.165, 1.54) is 6.92 Å². The first-order valence-corrected chi connectivity index (χ1v) is 7.79. The van der Waals surface area contributed by atoms with E-state index >= 15 is 0 Å². The number of nitro benzene ring substituents is 1. The number of aliphatic imine (C=N–C) groups is 1. The molecule has 0 unspecified atom stereocenters. The standard InChI is InChI=1S/C16H14F4N2O5/c1-3-27-16(24)8(7-5-4-6(2)21-7)15(23)9-10(17)11(18)12(19)13(20)14(9)22(25)26/h6,23H,3-5H2,1-2H3/b15-8+/t6-/m1/s1. The van der Waals surface area contributed by atoms with Gasteiger partial charge in [0.05, 0.1) is 17.2 Å². The van der Waals surface area contributed by atoms with Crippen molar-refractivity contribution in [2.45, 2.75) is 32.7 Å². The Morgan fingerprint density at radius 1 is 1.26 bits per heavy atom. The van der Waals surface area contributed by atoms with Crippen molar-refractivity contribution in [2.75, 3.05) is 6.61 Å². The highest BCUT2D eigenvalue weighted by Gasteiger charge is 2.38. The number of carbonyl (C=O) groups is 1. The van der Waals surface area contributed by atoms with E-state index in [1.807, 2.05) is 0 Å². The molecule has 0 fully saturated rings. The van der Waals surface area contributed by atoms with Crippen LogP contribution in [0.4, 0.5) is 23.2 Å². The summed E-state index contributed by atoms with van der Waals surface area (Å²) in [6, 6.07) is -0.279. The summed E-state index contributed by atoms with van der Waals surface area (Å²) in [6.45, 7) is 2.92. The van der Waals surface area contributed by atoms with Crippen molar-refractivity contribution in [2.24, 2.45) is 4.99 Å². The number of hydrogen-bond donors (Lipinski definition) is 1. The number of nitro groups is 1. The molecular formula is C16H14F4N2O5. The third kappa shape index (κ3) is 3.62. The molecule has 0 amide bonds. The predicted molar refractivity (Wildman–Crippen MR) is 85.2 cm³/mol. The number of ether oxygens (including phenoxy) is 1. The molecule has 0 radical (unpaired) electrons. The zero-order chi connectivity index (χ0) is 20.5. The van der Waals surface area contributed by atoms with Gasteiger partial charge >= 0.3 is 11.7 Å². The van der Waals surface area contributed by atoms with E-state index in [-0.39, 0.29) is 24.8 Å². The van der Waals surface area contributed by atoms with E-state index in [4.69, 9.17) is 4.74 Å². The first-order chi connectivity index (χ1) is 12.6. The van der Waals surface area contributed by atoms with E-state index in [9.17, 15) is 37.6 Å². The Labute approximate surface area is 150 Å². The van der Waals surface area contributed by atoms with Crippen LogP contribution in [-0.4, -0.2) is 34.4 Å². The molecular weight excluding hydrogens is 376 g/mol. The van der Waals surface area contributed by atoms with Crippen LogP contribution >= 0.6 is 0 Å². The Morgan fingerprint density at radius 3 is 2.33 bits per heavy atom. The van der Waals surface area contributed by atoms with Crippen LogP contribution in [0.2, 0.25) is 0 Å². The number of rotatable bonds is 5. The van der Waals surface area contributed by atoms with Crippen LogP contribution < -0.4 is 0 Å². The highest BCUT2D eigenvalue weighted by atomic mass is 19.2. The quantitative estimate of drug-likeness (QED) is 0.121. The van der Waals surface area contributed by atoms with Gasteiger partial charge < -0.3 is 9.84 Å². The van der Waals surface area contributed by atoms with Crippen molar-refractivity contribution < 1.29 is 37.1 Å². The maximum atomic E-state index is 14.2. The van der Waals surface area contributed by atoms with Crippen LogP contribution in [0.1, 0.15) is 32.3 Å². The van der Waals surface area contributed by atoms with Gasteiger partial charge in [0.2, 0.25) is 11.6 Å². The van der Waals surface area contributed by atoms with Crippen molar-refractivity contribution in [1.29, 1.82) is 0 Å². The van der Waals surface area contributed by atoms with Crippen molar-refractivity contribution in [3.63, 3.8) is 0 Å². The van der Waals surface area contributed by atoms with Crippen LogP contribution in [0.5, 0.6) is 0 Å². The molecule has 1 N–H and O–H groups in total. The number of benzene rings is 1. The Balaban J connectivity index is 2.88. The second-order valence-electron chi connectivity index (χ2n) is 5.64. The number of carbonyl (C=O) groups excluding carboxylic acids is 1. The fourth-order valence-electron chi connectivity index (χ4n) is 2.62. The summed E-state index contributed by atoms with van der Waals surface area (Å²) in [6.07, 6.45) is 0.573. The fourth-order valence-corrected chi connectivity index (χ4v) is 2.62. The molecule has 0 spiro atoms. The fraction of sp³-hybridized carbons (Fsp3) is 0.375. The van der Waals surface area contributed by atoms with E-state index in [0.717, 1.165) is 0 Å². The molecule has 1 heterocycles. The third-order valence-corrected chi connectivity index (χ3v) is 3.84. The molecule has 2 rings (SSSR count). The van der Waals surface area contributed by atoms with E-state index in [1.54, 1.807) is 6.92 Å². The van der Waals surface area contributed by atoms with Crippen LogP contribution in [0.15, 0.2) is 10.6 Å². The smallest absolute Gasteiger partial charge is 0.343 e. The molecule has 1 aromatic rings. The van der Waals surface area contributed by atoms with E-state index in [2.05, 4.69) is 4.99 Å². The molecule has 0 aromatic heterocycles. The maximum absolute atomic E-state index is 14.2. The minimum atomic E-state index is -2.42. The lowest BCUT2D eigenvalue weighted by Gasteiger charge is -2.12. The van der Waals surface area contributed by atoms with Crippen LogP contribution in [0, 0.1) is 33.4 Å². The van der Waals surface area contributed by atoms with Crippen LogP contribution in [0.25, 0.3) is 5.76 Å². The van der Waals surface area contributed by atoms with Crippen molar-refractivity contribution >= 4 is 23.1 Å². The summed E-state index contributed by atoms with van der Waals surface area (Å²) in [5.74, 6) is -12.0. The molecule has 146 valence electrons. The van der Waals surface area contributed by atoms with Gasteiger partial charge in [-0.2, -0.15) is 4.39 Å². The summed E-state index contributed by atoms with van der Waals surface area (Å²) < 4.78 is 59.8. The van der Waals surface area contributed by atoms with Gasteiger partial charge in [-0.3, -0.25) is 15.1 Å². The monoisotopic (exact) mass is 390 g/mol. The molecule has 7 nitrogen and oxygen atoms in total. The number of halogens is 4. The lowest BCUT2D eigenvalue weighted by Crippen LogP contribution is -2.18. The molecule has 0 saturated carbocycles. The predicted octanol–water partition coefficient (Wildman–Crippen LogP) is 3.61. The van der Waals surface area contributed by atoms with Gasteiger partial charge in [0.1, 0.15) is 16.9 Å². The topological polar surface area (TPSA) is 102 Å². The number of nitrogens with zero attached hydrogens (tertiary/aromatic N) is 2. The Morgan fingerprint density at radius 2 is 1.85 bits per heavy atom. The Bertz CT molecular complexity index is 882. The number of esters is 1. The average molecular weight is 390 g/mol. The lowest BCUT2D eigenvalue weighted by atomic mass is 10.00. The summed E-state index contributed by atoms with van der Waals surface area (Å²) in [4.78, 5) is 25.8. The summed E-state index contributed by atoms with van der Waals surface area (Å²) in [5.41, 5.74) is -4.29. The number of aliphatic hydroxyl groups excluding tert-OH is 1. The van der Waals surface area contributed by atoms with Crippen molar-refractivity contribution in [1.82, 2.24) is 0 Å². The highest BCUT2D eigenvalue weighted by Crippen LogP contribution is 2.36. The number of aliphatic hydroxyl groups is 1. The molecule has 0 bridgehead atoms. The summed E-state index contributed by atoms with van der Waals surface area (Å²) in [5, 5.41) is 21.5. The SMILES string of the molecule is CCOC(=O)/C(C1=N[C@H](C)CC1)=C(/O)c1c(F)c(F)c(F)c(F)c1[N+](=O)[O-]. The molecule has 11 heteroatoms. The normalized spacial score (nSPS) is 17.4. The third-order valence-electron chi connectivity index (χ3n) is 3.84. The van der Waals surface area contributed by atoms with Crippen molar-refractivity contribution in [3.8, 4) is 0 Å². The summed E-state index contributed by atoms with van der Waals surface area (Å²) >= 11 is 0. The van der Waals surface area contributed by atoms with Crippen LogP contribution in [0.3, 0.4) is 0 Å². The number of hydrogen-bond acceptors (Lipinski definition) is 6. The lowest BCUT2D eigenvalue weighted by molar-refractivity contribution is -0.388. The molecule has 1 aromatic carbocycles. The molecule has 27 heavy (non-hydrogen) atoms. The molecule has 0 aliphatic carbocycles. The van der Waals surface area contributed by atoms with Gasteiger partial charge in [-0.25, -0.2) is 18.0 Å². The van der Waals surface area contributed by atoms with Gasteiger partial charge in [0.15, 0.2) is 11.6 Å². The second kappa shape index (κ2) is 7.72. The van der Waals surface area contributed by atoms with Gasteiger partial charge in [-0.05, 0) is 26.7 Å². The zero-order valence-corrected chi connectivity index (χ0v) is 14.2. The first kappa shape index (κ1) is 20.3. The highest BCUT2D eigenvalue weighted by molar-refractivity contribution is 6.24. The second-order valence-corrected chi connectivity index (χ2v) is 5.64. The average Bonchev–Trinajstić information content (AvgIpc) is 3.01. The summed E-state index contributed by atoms with van der Waals surface area (Å²) in [7, 11) is 0. The molecule has 1 aliphatic rings. The van der Waals surface area contributed by atoms with E-state index < -0.39 is 56.7 Å². The zero-order valence-electron chi connectivity index (χ0n) is 14.2. The van der Waals surface area contributed by atoms with E-state index in [0.29, 0.717) is 6.42 Å².